The summed E-state index contributed by atoms with van der Waals surface area (Å²) in [5.41, 5.74) is 0.656. The van der Waals surface area contributed by atoms with E-state index in [1.165, 1.54) is 34.4 Å². The second kappa shape index (κ2) is 8.31. The minimum atomic E-state index is -4.44. The van der Waals surface area contributed by atoms with E-state index in [9.17, 15) is 17.8 Å². The van der Waals surface area contributed by atoms with Crippen LogP contribution >= 0.6 is 22.9 Å². The average molecular weight is 515 g/mol. The van der Waals surface area contributed by atoms with Gasteiger partial charge in [0.15, 0.2) is 16.2 Å². The van der Waals surface area contributed by atoms with E-state index in [2.05, 4.69) is 4.98 Å². The molecule has 174 valence electrons. The Balaban J connectivity index is 1.65. The zero-order chi connectivity index (χ0) is 24.1. The van der Waals surface area contributed by atoms with Crippen molar-refractivity contribution in [2.75, 3.05) is 9.91 Å². The van der Waals surface area contributed by atoms with Crippen molar-refractivity contribution in [3.63, 3.8) is 0 Å². The van der Waals surface area contributed by atoms with Crippen molar-refractivity contribution in [1.82, 2.24) is 4.98 Å². The van der Waals surface area contributed by atoms with Gasteiger partial charge in [-0.2, -0.15) is 13.5 Å². The minimum absolute atomic E-state index is 0.281. The molecule has 34 heavy (non-hydrogen) atoms. The predicted octanol–water partition coefficient (Wildman–Crippen LogP) is 4.59. The van der Waals surface area contributed by atoms with Crippen molar-refractivity contribution >= 4 is 65.7 Å². The molecule has 0 aliphatic carbocycles. The lowest BCUT2D eigenvalue weighted by Gasteiger charge is -2.55. The van der Waals surface area contributed by atoms with Crippen LogP contribution in [0.3, 0.4) is 0 Å². The molecule has 2 unspecified atom stereocenters. The van der Waals surface area contributed by atoms with Gasteiger partial charge in [-0.3, -0.25) is 14.2 Å². The molecule has 2 aromatic carbocycles. The van der Waals surface area contributed by atoms with E-state index in [1.807, 2.05) is 55.5 Å². The van der Waals surface area contributed by atoms with E-state index < -0.39 is 21.2 Å². The van der Waals surface area contributed by atoms with Crippen molar-refractivity contribution in [2.45, 2.75) is 29.3 Å². The highest BCUT2D eigenvalue weighted by Gasteiger charge is 2.67. The molecule has 0 radical (unpaired) electrons. The molecular formula is C23H19ClN4O4S2. The predicted molar refractivity (Wildman–Crippen MR) is 134 cm³/mol. The van der Waals surface area contributed by atoms with E-state index in [0.29, 0.717) is 23.0 Å². The third-order valence-electron chi connectivity index (χ3n) is 5.69. The zero-order valence-corrected chi connectivity index (χ0v) is 20.3. The molecule has 1 aromatic heterocycles. The molecule has 2 atom stereocenters. The van der Waals surface area contributed by atoms with Gasteiger partial charge >= 0.3 is 0 Å². The summed E-state index contributed by atoms with van der Waals surface area (Å²) in [5, 5.41) is 5.78. The highest BCUT2D eigenvalue weighted by atomic mass is 35.5. The van der Waals surface area contributed by atoms with Gasteiger partial charge in [0.05, 0.1) is 26.5 Å². The maximum Gasteiger partial charge on any atom is 0.294 e. The molecule has 1 spiro atoms. The molecule has 11 heteroatoms. The number of benzene rings is 2. The molecule has 1 fully saturated rings. The van der Waals surface area contributed by atoms with Crippen LogP contribution in [0.15, 0.2) is 82.8 Å². The van der Waals surface area contributed by atoms with Crippen molar-refractivity contribution in [3.05, 3.63) is 72.8 Å². The first-order chi connectivity index (χ1) is 16.3. The number of amides is 1. The molecule has 3 heterocycles. The molecule has 0 saturated carbocycles. The number of carbonyl (C=O) groups is 1. The molecule has 1 amide bonds. The topological polar surface area (TPSA) is 103 Å². The number of halogens is 1. The van der Waals surface area contributed by atoms with Crippen LogP contribution in [0.25, 0.3) is 10.2 Å². The minimum Gasteiger partial charge on any atom is -0.282 e. The lowest BCUT2D eigenvalue weighted by Crippen LogP contribution is -2.78. The summed E-state index contributed by atoms with van der Waals surface area (Å²) in [6.07, 6.45) is 7.67. The molecule has 1 N–H and O–H groups in total. The normalized spacial score (nSPS) is 23.0. The van der Waals surface area contributed by atoms with E-state index in [0.717, 1.165) is 10.2 Å². The summed E-state index contributed by atoms with van der Waals surface area (Å²) < 4.78 is 34.0. The Morgan fingerprint density at radius 3 is 2.74 bits per heavy atom. The van der Waals surface area contributed by atoms with Gasteiger partial charge in [-0.05, 0) is 43.3 Å². The fourth-order valence-corrected chi connectivity index (χ4v) is 6.08. The van der Waals surface area contributed by atoms with E-state index in [1.54, 1.807) is 11.1 Å². The number of aromatic nitrogens is 1. The number of nitrogens with zero attached hydrogens (tertiary/aromatic N) is 4. The number of hydrogen-bond donors (Lipinski definition) is 1. The van der Waals surface area contributed by atoms with Gasteiger partial charge in [0.1, 0.15) is 0 Å². The Bertz CT molecular complexity index is 1460. The van der Waals surface area contributed by atoms with Gasteiger partial charge in [-0.15, -0.1) is 11.6 Å². The molecule has 8 nitrogen and oxygen atoms in total. The quantitative estimate of drug-likeness (QED) is 0.231. The van der Waals surface area contributed by atoms with Crippen molar-refractivity contribution in [2.24, 2.45) is 5.10 Å². The number of thiazole rings is 1. The van der Waals surface area contributed by atoms with Crippen molar-refractivity contribution < 1.29 is 17.8 Å². The second-order valence-electron chi connectivity index (χ2n) is 7.82. The number of alkyl halides is 1. The Hall–Kier alpha value is -3.05. The molecule has 1 saturated heterocycles. The van der Waals surface area contributed by atoms with E-state index >= 15 is 0 Å². The maximum absolute atomic E-state index is 13.1. The van der Waals surface area contributed by atoms with Gasteiger partial charge in [0.25, 0.3) is 16.0 Å². The molecular weight excluding hydrogens is 496 g/mol. The monoisotopic (exact) mass is 514 g/mol. The van der Waals surface area contributed by atoms with Gasteiger partial charge in [0.2, 0.25) is 0 Å². The number of para-hydroxylation sites is 1. The fourth-order valence-electron chi connectivity index (χ4n) is 4.15. The summed E-state index contributed by atoms with van der Waals surface area (Å²) in [7, 11) is -4.44. The number of β-lactam (4-membered cyclic amide) rings is 1. The standard InChI is InChI=1S/C23H19ClN4O4S2/c1-2-3-4-8-15-14-23(28(26-15)16-9-7-10-17(13-16)34(30,31)32)20(24)21(29)27(23)22-25-18-11-5-6-12-19(18)33-22/h2-13,20H,14H2,1H3,(H,30,31,32). The number of hydrogen-bond acceptors (Lipinski definition) is 7. The van der Waals surface area contributed by atoms with Crippen LogP contribution in [0.1, 0.15) is 13.3 Å². The number of anilines is 2. The molecule has 2 aliphatic heterocycles. The third-order valence-corrected chi connectivity index (χ3v) is 8.10. The first-order valence-corrected chi connectivity index (χ1v) is 13.0. The SMILES string of the molecule is CC=CC=CC1=NN(c2cccc(S(=O)(=O)O)c2)C2(C1)C(Cl)C(=O)N2c1nc2ccccc2s1. The van der Waals surface area contributed by atoms with Gasteiger partial charge in [0, 0.05) is 6.42 Å². The van der Waals surface area contributed by atoms with Gasteiger partial charge in [-0.25, -0.2) is 9.99 Å². The molecule has 3 aromatic rings. The lowest BCUT2D eigenvalue weighted by molar-refractivity contribution is -0.126. The van der Waals surface area contributed by atoms with E-state index in [4.69, 9.17) is 16.7 Å². The number of hydrazone groups is 1. The van der Waals surface area contributed by atoms with Crippen LogP contribution in [0.2, 0.25) is 0 Å². The Labute approximate surface area is 205 Å². The Morgan fingerprint density at radius 2 is 2.00 bits per heavy atom. The second-order valence-corrected chi connectivity index (χ2v) is 10.7. The number of allylic oxidation sites excluding steroid dienone is 4. The van der Waals surface area contributed by atoms with Crippen LogP contribution in [0.4, 0.5) is 10.8 Å². The Morgan fingerprint density at radius 1 is 1.21 bits per heavy atom. The number of rotatable bonds is 5. The highest BCUT2D eigenvalue weighted by molar-refractivity contribution is 7.85. The van der Waals surface area contributed by atoms with Gasteiger partial charge < -0.3 is 0 Å². The van der Waals surface area contributed by atoms with Gasteiger partial charge in [-0.1, -0.05) is 47.8 Å². The third kappa shape index (κ3) is 3.54. The smallest absolute Gasteiger partial charge is 0.282 e. The maximum atomic E-state index is 13.1. The molecule has 2 aliphatic rings. The summed E-state index contributed by atoms with van der Waals surface area (Å²) >= 11 is 8.04. The number of carbonyl (C=O) groups excluding carboxylic acids is 1. The molecule has 0 bridgehead atoms. The van der Waals surface area contributed by atoms with Crippen LogP contribution in [0.5, 0.6) is 0 Å². The first-order valence-electron chi connectivity index (χ1n) is 10.3. The largest absolute Gasteiger partial charge is 0.294 e. The van der Waals surface area contributed by atoms with E-state index in [-0.39, 0.29) is 10.8 Å². The Kier molecular flexibility index (Phi) is 5.56. The van der Waals surface area contributed by atoms with Crippen LogP contribution in [0, 0.1) is 0 Å². The van der Waals surface area contributed by atoms with Crippen LogP contribution in [-0.2, 0) is 14.9 Å². The average Bonchev–Trinajstić information content (AvgIpc) is 3.41. The highest BCUT2D eigenvalue weighted by Crippen LogP contribution is 2.51. The van der Waals surface area contributed by atoms with Crippen molar-refractivity contribution in [1.29, 1.82) is 0 Å². The van der Waals surface area contributed by atoms with Crippen LogP contribution in [-0.4, -0.2) is 40.6 Å². The molecule has 5 rings (SSSR count). The number of fused-ring (bicyclic) bond motifs is 1. The lowest BCUT2D eigenvalue weighted by atomic mass is 9.87. The fraction of sp³-hybridized carbons (Fsp3) is 0.174. The summed E-state index contributed by atoms with van der Waals surface area (Å²) in [6, 6.07) is 13.3. The summed E-state index contributed by atoms with van der Waals surface area (Å²) in [4.78, 5) is 19.0. The van der Waals surface area contributed by atoms with Crippen molar-refractivity contribution in [3.8, 4) is 0 Å². The van der Waals surface area contributed by atoms with Crippen LogP contribution < -0.4 is 9.91 Å². The summed E-state index contributed by atoms with van der Waals surface area (Å²) in [5.74, 6) is -0.314. The first kappa shape index (κ1) is 22.7. The zero-order valence-electron chi connectivity index (χ0n) is 17.9. The summed E-state index contributed by atoms with van der Waals surface area (Å²) in [6.45, 7) is 1.89.